The van der Waals surface area contributed by atoms with Crippen molar-refractivity contribution in [1.82, 2.24) is 10.0 Å². The molecule has 1 aliphatic heterocycles. The van der Waals surface area contributed by atoms with Gasteiger partial charge in [-0.25, -0.2) is 13.1 Å². The van der Waals surface area contributed by atoms with Crippen molar-refractivity contribution >= 4 is 10.0 Å². The lowest BCUT2D eigenvalue weighted by molar-refractivity contribution is -0.137. The molecule has 2 rings (SSSR count). The van der Waals surface area contributed by atoms with Gasteiger partial charge in [-0.2, -0.15) is 13.2 Å². The molecule has 2 N–H and O–H groups in total. The smallest absolute Gasteiger partial charge is 0.315 e. The van der Waals surface area contributed by atoms with Crippen LogP contribution in [0.25, 0.3) is 0 Å². The molecule has 4 nitrogen and oxygen atoms in total. The Bertz CT molecular complexity index is 644. The van der Waals surface area contributed by atoms with Crippen LogP contribution in [-0.2, 0) is 16.2 Å². The molecule has 1 aliphatic rings. The van der Waals surface area contributed by atoms with Crippen LogP contribution in [0.15, 0.2) is 23.1 Å². The van der Waals surface area contributed by atoms with Crippen molar-refractivity contribution in [2.45, 2.75) is 37.4 Å². The van der Waals surface area contributed by atoms with Gasteiger partial charge >= 0.3 is 6.18 Å². The number of alkyl halides is 3. The number of aryl methyl sites for hydroxylation is 1. The Morgan fingerprint density at radius 1 is 1.32 bits per heavy atom. The van der Waals surface area contributed by atoms with E-state index >= 15 is 0 Å². The molecule has 2 atom stereocenters. The average molecular weight is 336 g/mol. The second kappa shape index (κ2) is 6.17. The van der Waals surface area contributed by atoms with Crippen LogP contribution >= 0.6 is 0 Å². The third-order valence-electron chi connectivity index (χ3n) is 3.94. The highest BCUT2D eigenvalue weighted by Gasteiger charge is 2.33. The number of halogens is 3. The summed E-state index contributed by atoms with van der Waals surface area (Å²) in [5, 5.41) is 3.08. The monoisotopic (exact) mass is 336 g/mol. The Kier molecular flexibility index (Phi) is 4.84. The zero-order valence-electron chi connectivity index (χ0n) is 12.4. The maximum Gasteiger partial charge on any atom is 0.416 e. The van der Waals surface area contributed by atoms with Crippen LogP contribution in [0, 0.1) is 12.8 Å². The zero-order chi connectivity index (χ0) is 16.5. The van der Waals surface area contributed by atoms with Crippen molar-refractivity contribution in [3.63, 3.8) is 0 Å². The summed E-state index contributed by atoms with van der Waals surface area (Å²) in [6, 6.07) is 2.44. The largest absolute Gasteiger partial charge is 0.416 e. The van der Waals surface area contributed by atoms with Crippen LogP contribution in [0.1, 0.15) is 24.5 Å². The molecule has 22 heavy (non-hydrogen) atoms. The SMILES string of the molecule is Cc1ccc(C(F)(F)F)cc1S(=O)(=O)NC1CNCCC1C. The Hall–Kier alpha value is -1.12. The van der Waals surface area contributed by atoms with Crippen molar-refractivity contribution < 1.29 is 21.6 Å². The van der Waals surface area contributed by atoms with Crippen molar-refractivity contribution in [2.75, 3.05) is 13.1 Å². The second-order valence-electron chi connectivity index (χ2n) is 5.68. The lowest BCUT2D eigenvalue weighted by atomic mass is 9.96. The van der Waals surface area contributed by atoms with Crippen LogP contribution in [0.3, 0.4) is 0 Å². The minimum Gasteiger partial charge on any atom is -0.315 e. The highest BCUT2D eigenvalue weighted by molar-refractivity contribution is 7.89. The predicted octanol–water partition coefficient (Wildman–Crippen LogP) is 2.29. The third kappa shape index (κ3) is 3.80. The molecular formula is C14H19F3N2O2S. The van der Waals surface area contributed by atoms with Gasteiger partial charge in [-0.1, -0.05) is 13.0 Å². The van der Waals surface area contributed by atoms with E-state index in [0.717, 1.165) is 19.0 Å². The third-order valence-corrected chi connectivity index (χ3v) is 5.57. The van der Waals surface area contributed by atoms with E-state index in [0.29, 0.717) is 12.6 Å². The average Bonchev–Trinajstić information content (AvgIpc) is 2.40. The first kappa shape index (κ1) is 17.2. The molecule has 0 amide bonds. The lowest BCUT2D eigenvalue weighted by Gasteiger charge is -2.30. The number of sulfonamides is 1. The summed E-state index contributed by atoms with van der Waals surface area (Å²) in [4.78, 5) is -0.319. The number of rotatable bonds is 3. The molecule has 124 valence electrons. The normalized spacial score (nSPS) is 23.5. The lowest BCUT2D eigenvalue weighted by Crippen LogP contribution is -2.50. The fourth-order valence-corrected chi connectivity index (χ4v) is 4.09. The number of hydrogen-bond donors (Lipinski definition) is 2. The van der Waals surface area contributed by atoms with Gasteiger partial charge in [0.15, 0.2) is 0 Å². The maximum atomic E-state index is 12.8. The van der Waals surface area contributed by atoms with Crippen molar-refractivity contribution in [3.8, 4) is 0 Å². The van der Waals surface area contributed by atoms with Gasteiger partial charge in [0.05, 0.1) is 10.5 Å². The standard InChI is InChI=1S/C14H19F3N2O2S/c1-9-5-6-18-8-12(9)19-22(20,21)13-7-11(14(15,16)17)4-3-10(13)2/h3-4,7,9,12,18-19H,5-6,8H2,1-2H3. The first-order chi connectivity index (χ1) is 10.1. The van der Waals surface area contributed by atoms with Gasteiger partial charge in [-0.3, -0.25) is 0 Å². The summed E-state index contributed by atoms with van der Waals surface area (Å²) in [7, 11) is -4.00. The van der Waals surface area contributed by atoms with Gasteiger partial charge in [-0.15, -0.1) is 0 Å². The van der Waals surface area contributed by atoms with Gasteiger partial charge in [0.25, 0.3) is 0 Å². The summed E-state index contributed by atoms with van der Waals surface area (Å²) in [6.45, 7) is 4.69. The number of nitrogens with one attached hydrogen (secondary N) is 2. The van der Waals surface area contributed by atoms with E-state index in [-0.39, 0.29) is 22.4 Å². The van der Waals surface area contributed by atoms with E-state index in [1.807, 2.05) is 6.92 Å². The van der Waals surface area contributed by atoms with Crippen LogP contribution in [0.5, 0.6) is 0 Å². The molecule has 1 fully saturated rings. The maximum absolute atomic E-state index is 12.8. The topological polar surface area (TPSA) is 58.2 Å². The van der Waals surface area contributed by atoms with E-state index in [4.69, 9.17) is 0 Å². The summed E-state index contributed by atoms with van der Waals surface area (Å²) < 4.78 is 65.8. The number of piperidine rings is 1. The van der Waals surface area contributed by atoms with Crippen LogP contribution in [0.4, 0.5) is 13.2 Å². The summed E-state index contributed by atoms with van der Waals surface area (Å²) in [6.07, 6.45) is -3.76. The molecule has 0 aromatic heterocycles. The number of hydrogen-bond acceptors (Lipinski definition) is 3. The Balaban J connectivity index is 2.32. The fraction of sp³-hybridized carbons (Fsp3) is 0.571. The van der Waals surface area contributed by atoms with Crippen LogP contribution in [0.2, 0.25) is 0 Å². The molecule has 1 aromatic carbocycles. The molecule has 0 bridgehead atoms. The fourth-order valence-electron chi connectivity index (χ4n) is 2.48. The minimum atomic E-state index is -4.57. The highest BCUT2D eigenvalue weighted by atomic mass is 32.2. The molecule has 1 aromatic rings. The molecule has 0 aliphatic carbocycles. The Labute approximate surface area is 128 Å². The summed E-state index contributed by atoms with van der Waals surface area (Å²) in [5.41, 5.74) is -0.676. The Morgan fingerprint density at radius 3 is 2.59 bits per heavy atom. The Morgan fingerprint density at radius 2 is 2.00 bits per heavy atom. The first-order valence-corrected chi connectivity index (χ1v) is 8.50. The van der Waals surface area contributed by atoms with Gasteiger partial charge < -0.3 is 5.32 Å². The summed E-state index contributed by atoms with van der Waals surface area (Å²) >= 11 is 0. The number of benzene rings is 1. The van der Waals surface area contributed by atoms with Crippen molar-refractivity contribution in [1.29, 1.82) is 0 Å². The molecule has 1 saturated heterocycles. The predicted molar refractivity (Wildman–Crippen MR) is 76.9 cm³/mol. The van der Waals surface area contributed by atoms with Crippen LogP contribution < -0.4 is 10.0 Å². The molecule has 8 heteroatoms. The highest BCUT2D eigenvalue weighted by Crippen LogP contribution is 2.31. The molecule has 1 heterocycles. The van der Waals surface area contributed by atoms with Gasteiger partial charge in [0.2, 0.25) is 10.0 Å². The quantitative estimate of drug-likeness (QED) is 0.890. The molecular weight excluding hydrogens is 317 g/mol. The van der Waals surface area contributed by atoms with Gasteiger partial charge in [0.1, 0.15) is 0 Å². The molecule has 2 unspecified atom stereocenters. The molecule has 0 spiro atoms. The van der Waals surface area contributed by atoms with Gasteiger partial charge in [-0.05, 0) is 43.5 Å². The minimum absolute atomic E-state index is 0.127. The van der Waals surface area contributed by atoms with E-state index < -0.39 is 21.8 Å². The zero-order valence-corrected chi connectivity index (χ0v) is 13.2. The molecule has 0 saturated carbocycles. The van der Waals surface area contributed by atoms with E-state index in [9.17, 15) is 21.6 Å². The van der Waals surface area contributed by atoms with E-state index in [2.05, 4.69) is 10.0 Å². The van der Waals surface area contributed by atoms with E-state index in [1.54, 1.807) is 0 Å². The van der Waals surface area contributed by atoms with E-state index in [1.165, 1.54) is 13.0 Å². The van der Waals surface area contributed by atoms with Crippen LogP contribution in [-0.4, -0.2) is 27.5 Å². The van der Waals surface area contributed by atoms with Crippen molar-refractivity contribution in [3.05, 3.63) is 29.3 Å². The van der Waals surface area contributed by atoms with Crippen molar-refractivity contribution in [2.24, 2.45) is 5.92 Å². The summed E-state index contributed by atoms with van der Waals surface area (Å²) in [5.74, 6) is 0.127. The second-order valence-corrected chi connectivity index (χ2v) is 7.36. The first-order valence-electron chi connectivity index (χ1n) is 7.02. The van der Waals surface area contributed by atoms with Gasteiger partial charge in [0, 0.05) is 12.6 Å². The molecule has 0 radical (unpaired) electrons.